The molecule has 9 heteroatoms. The van der Waals surface area contributed by atoms with Gasteiger partial charge in [-0.25, -0.2) is 22.2 Å². The Bertz CT molecular complexity index is 761. The summed E-state index contributed by atoms with van der Waals surface area (Å²) in [6.07, 6.45) is 1.21. The first-order valence-electron chi connectivity index (χ1n) is 6.17. The zero-order valence-corrected chi connectivity index (χ0v) is 12.5. The molecule has 5 nitrogen and oxygen atoms in total. The number of alkyl halides is 2. The molecule has 1 saturated heterocycles. The van der Waals surface area contributed by atoms with Gasteiger partial charge in [0.2, 0.25) is 10.0 Å². The molecule has 0 bridgehead atoms. The first kappa shape index (κ1) is 14.8. The van der Waals surface area contributed by atoms with Gasteiger partial charge in [0.1, 0.15) is 16.3 Å². The van der Waals surface area contributed by atoms with Gasteiger partial charge in [-0.3, -0.25) is 0 Å². The molecule has 0 unspecified atom stereocenters. The maximum atomic E-state index is 13.5. The van der Waals surface area contributed by atoms with Crippen molar-refractivity contribution in [2.24, 2.45) is 0 Å². The molecule has 0 saturated carbocycles. The Balaban J connectivity index is 1.98. The number of hydrogen-bond acceptors (Lipinski definition) is 5. The number of hydrogen-bond donors (Lipinski definition) is 0. The van der Waals surface area contributed by atoms with Crippen LogP contribution in [0.15, 0.2) is 28.6 Å². The normalized spacial score (nSPS) is 20.5. The molecule has 1 aliphatic heterocycles. The van der Waals surface area contributed by atoms with Gasteiger partial charge in [-0.2, -0.15) is 4.31 Å². The van der Waals surface area contributed by atoms with Crippen LogP contribution in [0, 0.1) is 0 Å². The van der Waals surface area contributed by atoms with Crippen molar-refractivity contribution in [1.82, 2.24) is 9.29 Å². The molecule has 0 radical (unpaired) electrons. The zero-order valence-electron chi connectivity index (χ0n) is 10.8. The van der Waals surface area contributed by atoms with Crippen molar-refractivity contribution in [2.45, 2.75) is 10.8 Å². The van der Waals surface area contributed by atoms with Gasteiger partial charge >= 0.3 is 0 Å². The van der Waals surface area contributed by atoms with Gasteiger partial charge in [-0.1, -0.05) is 0 Å². The van der Waals surface area contributed by atoms with E-state index >= 15 is 0 Å². The van der Waals surface area contributed by atoms with Crippen LogP contribution in [-0.2, 0) is 14.8 Å². The molecule has 1 aliphatic rings. The van der Waals surface area contributed by atoms with E-state index in [4.69, 9.17) is 4.74 Å². The highest BCUT2D eigenvalue weighted by Crippen LogP contribution is 2.26. The molecule has 21 heavy (non-hydrogen) atoms. The number of fused-ring (bicyclic) bond motifs is 1. The summed E-state index contributed by atoms with van der Waals surface area (Å²) >= 11 is 1.39. The smallest absolute Gasteiger partial charge is 0.284 e. The average Bonchev–Trinajstić information content (AvgIpc) is 2.81. The third-order valence-corrected chi connectivity index (χ3v) is 5.77. The summed E-state index contributed by atoms with van der Waals surface area (Å²) in [4.78, 5) is 4.69. The molecule has 0 aliphatic carbocycles. The van der Waals surface area contributed by atoms with Crippen LogP contribution < -0.4 is 0 Å². The SMILES string of the molecule is O=S(=O)(c1cnc2sccc2c1)N1CCOCC(F)(F)C1. The number of rotatable bonds is 2. The van der Waals surface area contributed by atoms with E-state index in [1.807, 2.05) is 0 Å². The van der Waals surface area contributed by atoms with Crippen LogP contribution in [0.25, 0.3) is 10.2 Å². The first-order chi connectivity index (χ1) is 9.88. The average molecular weight is 334 g/mol. The molecule has 3 heterocycles. The summed E-state index contributed by atoms with van der Waals surface area (Å²) in [6.45, 7) is -1.79. The Hall–Kier alpha value is -1.16. The fourth-order valence-corrected chi connectivity index (χ4v) is 4.26. The molecule has 2 aromatic rings. The molecule has 0 amide bonds. The number of ether oxygens (including phenoxy) is 1. The minimum Gasteiger partial charge on any atom is -0.374 e. The van der Waals surface area contributed by atoms with Gasteiger partial charge in [-0.05, 0) is 17.5 Å². The number of thiophene rings is 1. The van der Waals surface area contributed by atoms with Crippen LogP contribution in [0.5, 0.6) is 0 Å². The highest BCUT2D eigenvalue weighted by atomic mass is 32.2. The van der Waals surface area contributed by atoms with Crippen molar-refractivity contribution in [3.8, 4) is 0 Å². The highest BCUT2D eigenvalue weighted by molar-refractivity contribution is 7.89. The molecule has 1 fully saturated rings. The Labute approximate surface area is 124 Å². The van der Waals surface area contributed by atoms with E-state index in [1.54, 1.807) is 11.4 Å². The maximum absolute atomic E-state index is 13.5. The molecule has 2 aromatic heterocycles. The van der Waals surface area contributed by atoms with Gasteiger partial charge < -0.3 is 4.74 Å². The number of nitrogens with zero attached hydrogens (tertiary/aromatic N) is 2. The number of sulfonamides is 1. The summed E-state index contributed by atoms with van der Waals surface area (Å²) in [6, 6.07) is 3.20. The van der Waals surface area contributed by atoms with E-state index in [9.17, 15) is 17.2 Å². The minimum absolute atomic E-state index is 0.0526. The Morgan fingerprint density at radius 1 is 1.43 bits per heavy atom. The molecule has 0 N–H and O–H groups in total. The molecule has 0 spiro atoms. The summed E-state index contributed by atoms with van der Waals surface area (Å²) < 4.78 is 57.5. The van der Waals surface area contributed by atoms with Crippen LogP contribution in [-0.4, -0.2) is 49.9 Å². The second-order valence-corrected chi connectivity index (χ2v) is 7.57. The van der Waals surface area contributed by atoms with Crippen molar-refractivity contribution in [3.05, 3.63) is 23.7 Å². The highest BCUT2D eigenvalue weighted by Gasteiger charge is 2.39. The first-order valence-corrected chi connectivity index (χ1v) is 8.49. The lowest BCUT2D eigenvalue weighted by atomic mass is 10.3. The second kappa shape index (κ2) is 5.24. The molecule has 114 valence electrons. The van der Waals surface area contributed by atoms with Crippen molar-refractivity contribution in [1.29, 1.82) is 0 Å². The van der Waals surface area contributed by atoms with E-state index in [1.165, 1.54) is 23.6 Å². The fourth-order valence-electron chi connectivity index (χ4n) is 2.10. The summed E-state index contributed by atoms with van der Waals surface area (Å²) in [7, 11) is -4.01. The van der Waals surface area contributed by atoms with Crippen LogP contribution in [0.2, 0.25) is 0 Å². The van der Waals surface area contributed by atoms with Crippen LogP contribution in [0.1, 0.15) is 0 Å². The van der Waals surface area contributed by atoms with Gasteiger partial charge in [0.25, 0.3) is 5.92 Å². The van der Waals surface area contributed by atoms with Crippen molar-refractivity contribution in [2.75, 3.05) is 26.3 Å². The Morgan fingerprint density at radius 3 is 3.05 bits per heavy atom. The molecule has 3 rings (SSSR count). The maximum Gasteiger partial charge on any atom is 0.284 e. The van der Waals surface area contributed by atoms with E-state index < -0.39 is 29.1 Å². The third-order valence-electron chi connectivity index (χ3n) is 3.12. The lowest BCUT2D eigenvalue weighted by Crippen LogP contribution is -2.41. The summed E-state index contributed by atoms with van der Waals surface area (Å²) in [5.41, 5.74) is 0. The molecule has 0 aromatic carbocycles. The lowest BCUT2D eigenvalue weighted by molar-refractivity contribution is -0.0630. The lowest BCUT2D eigenvalue weighted by Gasteiger charge is -2.22. The predicted molar refractivity (Wildman–Crippen MR) is 74.1 cm³/mol. The topological polar surface area (TPSA) is 59.5 Å². The predicted octanol–water partition coefficient (Wildman–Crippen LogP) is 1.95. The Morgan fingerprint density at radius 2 is 2.24 bits per heavy atom. The molecular weight excluding hydrogens is 322 g/mol. The summed E-state index contributed by atoms with van der Waals surface area (Å²) in [5.74, 6) is -3.19. The van der Waals surface area contributed by atoms with E-state index in [2.05, 4.69) is 4.98 Å². The van der Waals surface area contributed by atoms with E-state index in [0.717, 1.165) is 4.31 Å². The fraction of sp³-hybridized carbons (Fsp3) is 0.417. The van der Waals surface area contributed by atoms with Gasteiger partial charge in [0.15, 0.2) is 0 Å². The number of halogens is 2. The summed E-state index contributed by atoms with van der Waals surface area (Å²) in [5, 5.41) is 2.47. The van der Waals surface area contributed by atoms with Crippen LogP contribution in [0.4, 0.5) is 8.78 Å². The van der Waals surface area contributed by atoms with Gasteiger partial charge in [0.05, 0.1) is 13.2 Å². The Kier molecular flexibility index (Phi) is 3.68. The standard InChI is InChI=1S/C12H12F2N2O3S2/c13-12(14)7-16(2-3-19-8-12)21(17,18)10-5-9-1-4-20-11(9)15-6-10/h1,4-6H,2-3,7-8H2. The largest absolute Gasteiger partial charge is 0.374 e. The van der Waals surface area contributed by atoms with Crippen LogP contribution in [0.3, 0.4) is 0 Å². The van der Waals surface area contributed by atoms with Gasteiger partial charge in [-0.15, -0.1) is 11.3 Å². The van der Waals surface area contributed by atoms with Gasteiger partial charge in [0, 0.05) is 18.1 Å². The number of aromatic nitrogens is 1. The molecule has 0 atom stereocenters. The minimum atomic E-state index is -4.01. The van der Waals surface area contributed by atoms with Crippen molar-refractivity contribution >= 4 is 31.6 Å². The van der Waals surface area contributed by atoms with E-state index in [-0.39, 0.29) is 18.0 Å². The van der Waals surface area contributed by atoms with Crippen LogP contribution >= 0.6 is 11.3 Å². The van der Waals surface area contributed by atoms with Crippen molar-refractivity contribution < 1.29 is 21.9 Å². The quantitative estimate of drug-likeness (QED) is 0.842. The zero-order chi connectivity index (χ0) is 15.1. The molecular formula is C12H12F2N2O3S2. The van der Waals surface area contributed by atoms with Crippen molar-refractivity contribution in [3.63, 3.8) is 0 Å². The number of pyridine rings is 1. The monoisotopic (exact) mass is 334 g/mol. The third kappa shape index (κ3) is 2.91. The van der Waals surface area contributed by atoms with E-state index in [0.29, 0.717) is 10.2 Å². The second-order valence-electron chi connectivity index (χ2n) is 4.73.